The van der Waals surface area contributed by atoms with Crippen molar-refractivity contribution < 1.29 is 14.0 Å². The molecule has 0 fully saturated rings. The fraction of sp³-hybridized carbons (Fsp3) is 0.241. The Balaban J connectivity index is 1.71. The number of likely N-dealkylation sites (N-methyl/N-ethyl adjacent to an activating group) is 1. The second-order valence-corrected chi connectivity index (χ2v) is 8.68. The van der Waals surface area contributed by atoms with Crippen molar-refractivity contribution in [2.45, 2.75) is 33.7 Å². The van der Waals surface area contributed by atoms with Crippen LogP contribution in [0.2, 0.25) is 0 Å². The summed E-state index contributed by atoms with van der Waals surface area (Å²) in [6, 6.07) is 22.1. The van der Waals surface area contributed by atoms with Gasteiger partial charge in [0.2, 0.25) is 0 Å². The third-order valence-electron chi connectivity index (χ3n) is 6.25. The van der Waals surface area contributed by atoms with Crippen molar-refractivity contribution in [2.75, 3.05) is 13.1 Å². The number of hydrogen-bond acceptors (Lipinski definition) is 3. The summed E-state index contributed by atoms with van der Waals surface area (Å²) in [5.74, 6) is -0.863. The quantitative estimate of drug-likeness (QED) is 0.433. The van der Waals surface area contributed by atoms with Gasteiger partial charge in [-0.25, -0.2) is 4.39 Å². The maximum absolute atomic E-state index is 13.7. The van der Waals surface area contributed by atoms with Crippen LogP contribution >= 0.6 is 0 Å². The highest BCUT2D eigenvalue weighted by molar-refractivity contribution is 6.35. The van der Waals surface area contributed by atoms with Gasteiger partial charge in [-0.1, -0.05) is 66.2 Å². The van der Waals surface area contributed by atoms with Crippen molar-refractivity contribution in [3.8, 4) is 0 Å². The fourth-order valence-electron chi connectivity index (χ4n) is 4.44. The molecule has 34 heavy (non-hydrogen) atoms. The third-order valence-corrected chi connectivity index (χ3v) is 6.25. The molecule has 3 aromatic carbocycles. The number of amides is 2. The highest BCUT2D eigenvalue weighted by Gasteiger charge is 2.41. The number of imide groups is 1. The molecule has 174 valence electrons. The molecule has 0 unspecified atom stereocenters. The first-order valence-electron chi connectivity index (χ1n) is 11.6. The van der Waals surface area contributed by atoms with E-state index in [0.717, 1.165) is 27.8 Å². The van der Waals surface area contributed by atoms with E-state index >= 15 is 0 Å². The zero-order chi connectivity index (χ0) is 24.2. The van der Waals surface area contributed by atoms with Gasteiger partial charge in [0.15, 0.2) is 0 Å². The lowest BCUT2D eigenvalue weighted by Gasteiger charge is -2.25. The fourth-order valence-corrected chi connectivity index (χ4v) is 4.44. The first-order valence-corrected chi connectivity index (χ1v) is 11.6. The molecule has 0 spiro atoms. The van der Waals surface area contributed by atoms with E-state index in [1.165, 1.54) is 17.0 Å². The Kier molecular flexibility index (Phi) is 6.92. The number of rotatable bonds is 8. The number of nitrogens with zero attached hydrogens (tertiary/aromatic N) is 2. The van der Waals surface area contributed by atoms with Crippen LogP contribution in [0.1, 0.15) is 34.7 Å². The minimum atomic E-state index is -0.308. The number of hydrogen-bond donors (Lipinski definition) is 0. The van der Waals surface area contributed by atoms with Gasteiger partial charge in [0.25, 0.3) is 11.8 Å². The largest absolute Gasteiger partial charge is 0.362 e. The number of halogens is 1. The van der Waals surface area contributed by atoms with Crippen LogP contribution in [-0.4, -0.2) is 34.7 Å². The van der Waals surface area contributed by atoms with E-state index in [1.54, 1.807) is 12.1 Å². The number of carbonyl (C=O) groups excluding carboxylic acids is 2. The molecule has 0 saturated carbocycles. The predicted molar refractivity (Wildman–Crippen MR) is 132 cm³/mol. The van der Waals surface area contributed by atoms with Crippen LogP contribution in [0.25, 0.3) is 5.57 Å². The van der Waals surface area contributed by atoms with Gasteiger partial charge in [-0.05, 0) is 61.6 Å². The lowest BCUT2D eigenvalue weighted by atomic mass is 9.97. The zero-order valence-electron chi connectivity index (χ0n) is 19.8. The molecule has 2 amide bonds. The molecule has 5 heteroatoms. The average Bonchev–Trinajstić information content (AvgIpc) is 3.07. The van der Waals surface area contributed by atoms with E-state index in [1.807, 2.05) is 74.2 Å². The summed E-state index contributed by atoms with van der Waals surface area (Å²) in [6.07, 6.45) is 0.468. The third kappa shape index (κ3) is 4.79. The molecule has 4 nitrogen and oxygen atoms in total. The van der Waals surface area contributed by atoms with Crippen molar-refractivity contribution in [1.29, 1.82) is 0 Å². The van der Waals surface area contributed by atoms with Crippen molar-refractivity contribution in [3.63, 3.8) is 0 Å². The van der Waals surface area contributed by atoms with Gasteiger partial charge in [0.05, 0.1) is 5.57 Å². The summed E-state index contributed by atoms with van der Waals surface area (Å²) in [6.45, 7) is 7.34. The summed E-state index contributed by atoms with van der Waals surface area (Å²) in [5.41, 5.74) is 5.70. The monoisotopic (exact) mass is 456 g/mol. The topological polar surface area (TPSA) is 40.6 Å². The lowest BCUT2D eigenvalue weighted by Crippen LogP contribution is -2.36. The van der Waals surface area contributed by atoms with Crippen LogP contribution in [-0.2, 0) is 22.6 Å². The molecule has 3 aromatic rings. The molecule has 0 radical (unpaired) electrons. The average molecular weight is 457 g/mol. The van der Waals surface area contributed by atoms with E-state index < -0.39 is 0 Å². The summed E-state index contributed by atoms with van der Waals surface area (Å²) in [4.78, 5) is 30.7. The number of carbonyl (C=O) groups is 2. The lowest BCUT2D eigenvalue weighted by molar-refractivity contribution is -0.137. The molecule has 1 aliphatic heterocycles. The molecular formula is C29H29FN2O2. The van der Waals surface area contributed by atoms with Crippen LogP contribution in [0.4, 0.5) is 4.39 Å². The van der Waals surface area contributed by atoms with Gasteiger partial charge in [0.1, 0.15) is 11.5 Å². The first-order chi connectivity index (χ1) is 16.4. The minimum absolute atomic E-state index is 0.240. The Labute approximate surface area is 200 Å². The predicted octanol–water partition coefficient (Wildman–Crippen LogP) is 5.29. The van der Waals surface area contributed by atoms with Crippen LogP contribution in [0.5, 0.6) is 0 Å². The molecule has 0 atom stereocenters. The Bertz CT molecular complexity index is 1230. The van der Waals surface area contributed by atoms with E-state index in [4.69, 9.17) is 0 Å². The summed E-state index contributed by atoms with van der Waals surface area (Å²) in [5, 5.41) is 0. The summed E-state index contributed by atoms with van der Waals surface area (Å²) >= 11 is 0. The van der Waals surface area contributed by atoms with E-state index in [-0.39, 0.29) is 24.2 Å². The van der Waals surface area contributed by atoms with E-state index in [9.17, 15) is 14.0 Å². The van der Waals surface area contributed by atoms with Gasteiger partial charge in [-0.2, -0.15) is 0 Å². The second-order valence-electron chi connectivity index (χ2n) is 8.68. The van der Waals surface area contributed by atoms with Crippen molar-refractivity contribution >= 4 is 17.4 Å². The second kappa shape index (κ2) is 10.0. The van der Waals surface area contributed by atoms with Crippen LogP contribution in [0.3, 0.4) is 0 Å². The van der Waals surface area contributed by atoms with Crippen LogP contribution in [0, 0.1) is 19.7 Å². The smallest absolute Gasteiger partial charge is 0.277 e. The van der Waals surface area contributed by atoms with Gasteiger partial charge < -0.3 is 4.90 Å². The Morgan fingerprint density at radius 3 is 2.21 bits per heavy atom. The molecule has 0 saturated heterocycles. The van der Waals surface area contributed by atoms with Gasteiger partial charge in [-0.3, -0.25) is 14.5 Å². The van der Waals surface area contributed by atoms with Gasteiger partial charge in [0, 0.05) is 19.6 Å². The van der Waals surface area contributed by atoms with Crippen LogP contribution in [0.15, 0.2) is 78.5 Å². The Hall–Kier alpha value is -3.73. The zero-order valence-corrected chi connectivity index (χ0v) is 19.8. The molecule has 0 aliphatic carbocycles. The molecule has 1 heterocycles. The van der Waals surface area contributed by atoms with Gasteiger partial charge >= 0.3 is 0 Å². The summed E-state index contributed by atoms with van der Waals surface area (Å²) in [7, 11) is 0. The van der Waals surface area contributed by atoms with E-state index in [0.29, 0.717) is 30.8 Å². The van der Waals surface area contributed by atoms with Crippen molar-refractivity contribution in [2.24, 2.45) is 0 Å². The Morgan fingerprint density at radius 1 is 0.853 bits per heavy atom. The SMILES string of the molecule is CCN(Cc1ccccc1)C1=C(c2ccc(C)cc2C)C(=O)N(CCc2ccc(F)cc2)C1=O. The van der Waals surface area contributed by atoms with Crippen molar-refractivity contribution in [1.82, 2.24) is 9.80 Å². The highest BCUT2D eigenvalue weighted by Crippen LogP contribution is 2.34. The van der Waals surface area contributed by atoms with Crippen molar-refractivity contribution in [3.05, 3.63) is 112 Å². The molecule has 1 aliphatic rings. The molecule has 0 N–H and O–H groups in total. The normalized spacial score (nSPS) is 13.7. The van der Waals surface area contributed by atoms with Crippen LogP contribution < -0.4 is 0 Å². The standard InChI is InChI=1S/C29H29FN2O2/c1-4-31(19-23-8-6-5-7-9-23)27-26(25-15-10-20(2)18-21(25)3)28(33)32(29(27)34)17-16-22-11-13-24(30)14-12-22/h5-15,18H,4,16-17,19H2,1-3H3. The minimum Gasteiger partial charge on any atom is -0.362 e. The van der Waals surface area contributed by atoms with Gasteiger partial charge in [-0.15, -0.1) is 0 Å². The maximum Gasteiger partial charge on any atom is 0.277 e. The molecule has 0 aromatic heterocycles. The number of benzene rings is 3. The molecule has 0 bridgehead atoms. The first kappa shape index (κ1) is 23.4. The maximum atomic E-state index is 13.7. The Morgan fingerprint density at radius 2 is 1.56 bits per heavy atom. The molecular weight excluding hydrogens is 427 g/mol. The number of aryl methyl sites for hydroxylation is 2. The van der Waals surface area contributed by atoms with E-state index in [2.05, 4.69) is 0 Å². The molecule has 4 rings (SSSR count). The highest BCUT2D eigenvalue weighted by atomic mass is 19.1. The summed E-state index contributed by atoms with van der Waals surface area (Å²) < 4.78 is 13.3.